The molecule has 8 heteroatoms. The minimum Gasteiger partial charge on any atom is -0.497 e. The molecular weight excluding hydrogens is 430 g/mol. The lowest BCUT2D eigenvalue weighted by Crippen LogP contribution is -2.46. The van der Waals surface area contributed by atoms with Crippen molar-refractivity contribution in [3.8, 4) is 5.75 Å². The number of carbonyl (C=O) groups is 1. The lowest BCUT2D eigenvalue weighted by molar-refractivity contribution is 0.0697. The standard InChI is InChI=1S/C26H33N5O3/c1-3-30-13-15-31(16-14-30)12-4-11-27-19-5-7-20(8-6-19)29-25-22-17-21(34-2)9-10-24(22)28-18-23(25)26(32)33/h5-10,17-18,27H,3-4,11-16H2,1-2H3,(H,28,29)(H,32,33). The molecule has 180 valence electrons. The summed E-state index contributed by atoms with van der Waals surface area (Å²) in [5.74, 6) is -0.388. The maximum atomic E-state index is 11.8. The number of hydrogen-bond donors (Lipinski definition) is 3. The molecule has 0 aliphatic carbocycles. The Morgan fingerprint density at radius 3 is 2.44 bits per heavy atom. The Morgan fingerprint density at radius 2 is 1.76 bits per heavy atom. The molecule has 2 heterocycles. The van der Waals surface area contributed by atoms with Crippen LogP contribution in [0.2, 0.25) is 0 Å². The molecule has 0 spiro atoms. The van der Waals surface area contributed by atoms with E-state index in [0.29, 0.717) is 22.3 Å². The quantitative estimate of drug-likeness (QED) is 0.387. The summed E-state index contributed by atoms with van der Waals surface area (Å²) in [5, 5.41) is 17.1. The molecule has 3 aromatic rings. The molecule has 34 heavy (non-hydrogen) atoms. The highest BCUT2D eigenvalue weighted by atomic mass is 16.5. The van der Waals surface area contributed by atoms with Crippen molar-refractivity contribution in [3.63, 3.8) is 0 Å². The second-order valence-corrected chi connectivity index (χ2v) is 8.49. The van der Waals surface area contributed by atoms with Crippen LogP contribution in [0.5, 0.6) is 5.75 Å². The fourth-order valence-electron chi connectivity index (χ4n) is 4.28. The normalized spacial score (nSPS) is 14.8. The van der Waals surface area contributed by atoms with Crippen molar-refractivity contribution < 1.29 is 14.6 Å². The zero-order chi connectivity index (χ0) is 23.9. The van der Waals surface area contributed by atoms with E-state index in [1.807, 2.05) is 36.4 Å². The summed E-state index contributed by atoms with van der Waals surface area (Å²) in [6.07, 6.45) is 2.48. The molecule has 3 N–H and O–H groups in total. The number of nitrogens with one attached hydrogen (secondary N) is 2. The third-order valence-corrected chi connectivity index (χ3v) is 6.35. The number of rotatable bonds is 10. The van der Waals surface area contributed by atoms with Gasteiger partial charge < -0.3 is 30.3 Å². The van der Waals surface area contributed by atoms with Gasteiger partial charge in [-0.3, -0.25) is 4.98 Å². The van der Waals surface area contributed by atoms with Crippen LogP contribution in [0.1, 0.15) is 23.7 Å². The van der Waals surface area contributed by atoms with Crippen LogP contribution < -0.4 is 15.4 Å². The van der Waals surface area contributed by atoms with Crippen LogP contribution in [0, 0.1) is 0 Å². The van der Waals surface area contributed by atoms with Crippen molar-refractivity contribution >= 4 is 33.9 Å². The number of fused-ring (bicyclic) bond motifs is 1. The van der Waals surface area contributed by atoms with E-state index in [1.165, 1.54) is 19.3 Å². The smallest absolute Gasteiger partial charge is 0.339 e. The van der Waals surface area contributed by atoms with Gasteiger partial charge in [-0.1, -0.05) is 6.92 Å². The highest BCUT2D eigenvalue weighted by Gasteiger charge is 2.16. The van der Waals surface area contributed by atoms with Gasteiger partial charge in [-0.05, 0) is 62.0 Å². The summed E-state index contributed by atoms with van der Waals surface area (Å²) < 4.78 is 5.32. The topological polar surface area (TPSA) is 90.0 Å². The molecule has 0 bridgehead atoms. The monoisotopic (exact) mass is 463 g/mol. The van der Waals surface area contributed by atoms with Crippen molar-refractivity contribution in [2.45, 2.75) is 13.3 Å². The summed E-state index contributed by atoms with van der Waals surface area (Å²) in [7, 11) is 1.58. The highest BCUT2D eigenvalue weighted by Crippen LogP contribution is 2.32. The molecule has 1 saturated heterocycles. The number of likely N-dealkylation sites (N-methyl/N-ethyl adjacent to an activating group) is 1. The second-order valence-electron chi connectivity index (χ2n) is 8.49. The van der Waals surface area contributed by atoms with Crippen LogP contribution in [0.15, 0.2) is 48.7 Å². The summed E-state index contributed by atoms with van der Waals surface area (Å²) in [5.41, 5.74) is 3.16. The first-order valence-corrected chi connectivity index (χ1v) is 11.8. The van der Waals surface area contributed by atoms with Gasteiger partial charge in [0.25, 0.3) is 0 Å². The average molecular weight is 464 g/mol. The number of aromatic carboxylic acids is 1. The van der Waals surface area contributed by atoms with E-state index in [0.717, 1.165) is 50.5 Å². The van der Waals surface area contributed by atoms with E-state index in [1.54, 1.807) is 13.2 Å². The third-order valence-electron chi connectivity index (χ3n) is 6.35. The van der Waals surface area contributed by atoms with E-state index in [9.17, 15) is 9.90 Å². The van der Waals surface area contributed by atoms with Crippen LogP contribution in [0.4, 0.5) is 17.1 Å². The molecule has 1 aromatic heterocycles. The molecule has 2 aromatic carbocycles. The Kier molecular flexibility index (Phi) is 7.82. The van der Waals surface area contributed by atoms with E-state index in [2.05, 4.69) is 32.3 Å². The summed E-state index contributed by atoms with van der Waals surface area (Å²) in [6, 6.07) is 13.3. The molecule has 8 nitrogen and oxygen atoms in total. The molecular formula is C26H33N5O3. The number of methoxy groups -OCH3 is 1. The first kappa shape index (κ1) is 23.8. The fourth-order valence-corrected chi connectivity index (χ4v) is 4.28. The number of pyridine rings is 1. The Morgan fingerprint density at radius 1 is 1.06 bits per heavy atom. The van der Waals surface area contributed by atoms with Crippen LogP contribution in [-0.2, 0) is 0 Å². The van der Waals surface area contributed by atoms with Gasteiger partial charge in [-0.25, -0.2) is 4.79 Å². The first-order chi connectivity index (χ1) is 16.6. The number of piperazine rings is 1. The number of carboxylic acid groups (broad SMARTS) is 1. The van der Waals surface area contributed by atoms with Gasteiger partial charge in [0.05, 0.1) is 18.3 Å². The molecule has 1 aliphatic rings. The van der Waals surface area contributed by atoms with Crippen LogP contribution in [0.25, 0.3) is 10.9 Å². The molecule has 0 radical (unpaired) electrons. The fraction of sp³-hybridized carbons (Fsp3) is 0.385. The van der Waals surface area contributed by atoms with Crippen molar-refractivity contribution in [2.24, 2.45) is 0 Å². The number of carboxylic acids is 1. The highest BCUT2D eigenvalue weighted by molar-refractivity contribution is 6.05. The largest absolute Gasteiger partial charge is 0.497 e. The predicted octanol–water partition coefficient (Wildman–Crippen LogP) is 4.12. The van der Waals surface area contributed by atoms with Gasteiger partial charge in [-0.2, -0.15) is 0 Å². The van der Waals surface area contributed by atoms with Crippen molar-refractivity contribution in [2.75, 3.05) is 63.6 Å². The molecule has 0 unspecified atom stereocenters. The van der Waals surface area contributed by atoms with Crippen LogP contribution in [0.3, 0.4) is 0 Å². The van der Waals surface area contributed by atoms with Gasteiger partial charge in [0, 0.05) is 55.7 Å². The Hall–Kier alpha value is -3.36. The Labute approximate surface area is 200 Å². The molecule has 4 rings (SSSR count). The summed E-state index contributed by atoms with van der Waals surface area (Å²) in [4.78, 5) is 21.1. The lowest BCUT2D eigenvalue weighted by Gasteiger charge is -2.34. The second kappa shape index (κ2) is 11.2. The maximum absolute atomic E-state index is 11.8. The number of aromatic nitrogens is 1. The van der Waals surface area contributed by atoms with E-state index in [-0.39, 0.29) is 5.56 Å². The zero-order valence-electron chi connectivity index (χ0n) is 19.9. The predicted molar refractivity (Wildman–Crippen MR) is 137 cm³/mol. The third kappa shape index (κ3) is 5.76. The number of anilines is 3. The molecule has 0 amide bonds. The first-order valence-electron chi connectivity index (χ1n) is 11.8. The van der Waals surface area contributed by atoms with Crippen molar-refractivity contribution in [3.05, 3.63) is 54.2 Å². The van der Waals surface area contributed by atoms with Gasteiger partial charge in [0.1, 0.15) is 11.3 Å². The number of benzene rings is 2. The van der Waals surface area contributed by atoms with E-state index >= 15 is 0 Å². The number of hydrogen-bond acceptors (Lipinski definition) is 7. The minimum absolute atomic E-state index is 0.114. The number of nitrogens with zero attached hydrogens (tertiary/aromatic N) is 3. The molecule has 0 atom stereocenters. The minimum atomic E-state index is -1.03. The Balaban J connectivity index is 1.37. The van der Waals surface area contributed by atoms with E-state index in [4.69, 9.17) is 4.74 Å². The van der Waals surface area contributed by atoms with Gasteiger partial charge in [0.2, 0.25) is 0 Å². The van der Waals surface area contributed by atoms with Crippen LogP contribution >= 0.6 is 0 Å². The van der Waals surface area contributed by atoms with Crippen LogP contribution in [-0.4, -0.2) is 78.8 Å². The Bertz CT molecular complexity index is 1110. The number of ether oxygens (including phenoxy) is 1. The molecule has 1 aliphatic heterocycles. The van der Waals surface area contributed by atoms with Gasteiger partial charge >= 0.3 is 5.97 Å². The van der Waals surface area contributed by atoms with Gasteiger partial charge in [0.15, 0.2) is 0 Å². The van der Waals surface area contributed by atoms with E-state index < -0.39 is 5.97 Å². The van der Waals surface area contributed by atoms with Crippen molar-refractivity contribution in [1.29, 1.82) is 0 Å². The SMILES string of the molecule is CCN1CCN(CCCNc2ccc(Nc3c(C(=O)O)cnc4ccc(OC)cc34)cc2)CC1. The average Bonchev–Trinajstić information content (AvgIpc) is 2.87. The summed E-state index contributed by atoms with van der Waals surface area (Å²) >= 11 is 0. The molecule has 1 fully saturated rings. The zero-order valence-corrected chi connectivity index (χ0v) is 19.9. The lowest BCUT2D eigenvalue weighted by atomic mass is 10.1. The maximum Gasteiger partial charge on any atom is 0.339 e. The molecule has 0 saturated carbocycles. The van der Waals surface area contributed by atoms with Crippen molar-refractivity contribution in [1.82, 2.24) is 14.8 Å². The van der Waals surface area contributed by atoms with Gasteiger partial charge in [-0.15, -0.1) is 0 Å². The summed E-state index contributed by atoms with van der Waals surface area (Å²) in [6.45, 7) is 10.0.